The first-order valence-corrected chi connectivity index (χ1v) is 5.25. The fourth-order valence-corrected chi connectivity index (χ4v) is 1.40. The number of ether oxygens (including phenoxy) is 1. The lowest BCUT2D eigenvalue weighted by molar-refractivity contribution is 0.298. The second-order valence-corrected chi connectivity index (χ2v) is 3.90. The third-order valence-corrected chi connectivity index (χ3v) is 2.23. The van der Waals surface area contributed by atoms with Crippen molar-refractivity contribution in [3.8, 4) is 5.75 Å². The van der Waals surface area contributed by atoms with Crippen LogP contribution in [0.5, 0.6) is 5.75 Å². The standard InChI is InChI=1S/C10H11ClFNOS/c11-7-3-1-4-8(12)10(7)14-6-2-5-9(13)15/h1,3-4H,2,5-6H2,(H2,13,15). The molecule has 2 nitrogen and oxygen atoms in total. The van der Waals surface area contributed by atoms with Gasteiger partial charge >= 0.3 is 0 Å². The van der Waals surface area contributed by atoms with Gasteiger partial charge in [-0.2, -0.15) is 0 Å². The Morgan fingerprint density at radius 1 is 1.53 bits per heavy atom. The van der Waals surface area contributed by atoms with Gasteiger partial charge in [0, 0.05) is 6.42 Å². The summed E-state index contributed by atoms with van der Waals surface area (Å²) in [6, 6.07) is 4.40. The van der Waals surface area contributed by atoms with Gasteiger partial charge < -0.3 is 10.5 Å². The fraction of sp³-hybridized carbons (Fsp3) is 0.300. The number of para-hydroxylation sites is 1. The number of halogens is 2. The third kappa shape index (κ3) is 4.01. The zero-order chi connectivity index (χ0) is 11.3. The number of hydrogen-bond acceptors (Lipinski definition) is 2. The van der Waals surface area contributed by atoms with E-state index in [2.05, 4.69) is 0 Å². The molecular formula is C10H11ClFNOS. The molecule has 2 N–H and O–H groups in total. The Labute approximate surface area is 98.2 Å². The highest BCUT2D eigenvalue weighted by Crippen LogP contribution is 2.27. The Bertz CT molecular complexity index is 339. The lowest BCUT2D eigenvalue weighted by atomic mass is 10.3. The summed E-state index contributed by atoms with van der Waals surface area (Å²) in [6.07, 6.45) is 1.24. The predicted molar refractivity (Wildman–Crippen MR) is 62.9 cm³/mol. The smallest absolute Gasteiger partial charge is 0.173 e. The molecule has 0 aliphatic carbocycles. The van der Waals surface area contributed by atoms with Crippen LogP contribution in [0.3, 0.4) is 0 Å². The van der Waals surface area contributed by atoms with Gasteiger partial charge in [-0.3, -0.25) is 0 Å². The van der Waals surface area contributed by atoms with Gasteiger partial charge in [-0.25, -0.2) is 4.39 Å². The maximum Gasteiger partial charge on any atom is 0.173 e. The van der Waals surface area contributed by atoms with Gasteiger partial charge in [0.15, 0.2) is 11.6 Å². The molecule has 0 atom stereocenters. The SMILES string of the molecule is NC(=S)CCCOc1c(F)cccc1Cl. The Morgan fingerprint density at radius 3 is 2.87 bits per heavy atom. The van der Waals surface area contributed by atoms with E-state index in [1.165, 1.54) is 12.1 Å². The lowest BCUT2D eigenvalue weighted by Crippen LogP contribution is -2.09. The van der Waals surface area contributed by atoms with Crippen molar-refractivity contribution in [2.75, 3.05) is 6.61 Å². The molecule has 0 radical (unpaired) electrons. The minimum atomic E-state index is -0.460. The summed E-state index contributed by atoms with van der Waals surface area (Å²) in [5.74, 6) is -0.375. The number of benzene rings is 1. The molecule has 0 bridgehead atoms. The van der Waals surface area contributed by atoms with Crippen LogP contribution >= 0.6 is 23.8 Å². The van der Waals surface area contributed by atoms with E-state index in [-0.39, 0.29) is 10.8 Å². The van der Waals surface area contributed by atoms with E-state index in [0.717, 1.165) is 0 Å². The molecule has 0 aliphatic rings. The lowest BCUT2D eigenvalue weighted by Gasteiger charge is -2.08. The summed E-state index contributed by atoms with van der Waals surface area (Å²) in [5.41, 5.74) is 5.31. The molecule has 0 fully saturated rings. The normalized spacial score (nSPS) is 10.0. The molecule has 0 spiro atoms. The molecule has 0 aliphatic heterocycles. The summed E-state index contributed by atoms with van der Waals surface area (Å²) in [7, 11) is 0. The van der Waals surface area contributed by atoms with Gasteiger partial charge in [0.25, 0.3) is 0 Å². The molecular weight excluding hydrogens is 237 g/mol. The first-order chi connectivity index (χ1) is 7.11. The average molecular weight is 248 g/mol. The largest absolute Gasteiger partial charge is 0.489 e. The molecule has 82 valence electrons. The van der Waals surface area contributed by atoms with Gasteiger partial charge in [-0.15, -0.1) is 0 Å². The topological polar surface area (TPSA) is 35.2 Å². The van der Waals surface area contributed by atoms with Crippen molar-refractivity contribution in [1.29, 1.82) is 0 Å². The predicted octanol–water partition coefficient (Wildman–Crippen LogP) is 2.92. The van der Waals surface area contributed by atoms with Gasteiger partial charge in [-0.05, 0) is 18.6 Å². The van der Waals surface area contributed by atoms with E-state index in [1.807, 2.05) is 0 Å². The van der Waals surface area contributed by atoms with Crippen molar-refractivity contribution in [1.82, 2.24) is 0 Å². The zero-order valence-corrected chi connectivity index (χ0v) is 9.58. The van der Waals surface area contributed by atoms with Crippen molar-refractivity contribution in [2.45, 2.75) is 12.8 Å². The van der Waals surface area contributed by atoms with E-state index in [0.29, 0.717) is 24.4 Å². The van der Waals surface area contributed by atoms with Crippen LogP contribution in [-0.2, 0) is 0 Å². The monoisotopic (exact) mass is 247 g/mol. The summed E-state index contributed by atoms with van der Waals surface area (Å²) >= 11 is 10.5. The van der Waals surface area contributed by atoms with E-state index in [4.69, 9.17) is 34.3 Å². The Kier molecular flexibility index (Phi) is 4.78. The molecule has 1 aromatic rings. The number of nitrogens with two attached hydrogens (primary N) is 1. The van der Waals surface area contributed by atoms with Crippen LogP contribution < -0.4 is 10.5 Å². The second kappa shape index (κ2) is 5.88. The van der Waals surface area contributed by atoms with Crippen LogP contribution in [0.15, 0.2) is 18.2 Å². The van der Waals surface area contributed by atoms with Gasteiger partial charge in [0.2, 0.25) is 0 Å². The average Bonchev–Trinajstić information content (AvgIpc) is 2.15. The Hall–Kier alpha value is -0.870. The quantitative estimate of drug-likeness (QED) is 0.642. The second-order valence-electron chi connectivity index (χ2n) is 2.97. The van der Waals surface area contributed by atoms with E-state index < -0.39 is 5.82 Å². The van der Waals surface area contributed by atoms with Crippen molar-refractivity contribution >= 4 is 28.8 Å². The number of rotatable bonds is 5. The summed E-state index contributed by atoms with van der Waals surface area (Å²) < 4.78 is 18.4. The molecule has 0 heterocycles. The minimum absolute atomic E-state index is 0.0853. The van der Waals surface area contributed by atoms with Crippen LogP contribution in [0.1, 0.15) is 12.8 Å². The molecule has 0 unspecified atom stereocenters. The molecule has 1 rings (SSSR count). The van der Waals surface area contributed by atoms with Gasteiger partial charge in [0.05, 0.1) is 16.6 Å². The fourth-order valence-electron chi connectivity index (χ4n) is 1.04. The first-order valence-electron chi connectivity index (χ1n) is 4.46. The van der Waals surface area contributed by atoms with Crippen LogP contribution in [-0.4, -0.2) is 11.6 Å². The Balaban J connectivity index is 2.47. The number of hydrogen-bond donors (Lipinski definition) is 1. The highest BCUT2D eigenvalue weighted by atomic mass is 35.5. The molecule has 0 amide bonds. The maximum absolute atomic E-state index is 13.2. The molecule has 0 saturated heterocycles. The van der Waals surface area contributed by atoms with Crippen molar-refractivity contribution < 1.29 is 9.13 Å². The summed E-state index contributed by atoms with van der Waals surface area (Å²) in [4.78, 5) is 0.429. The highest BCUT2D eigenvalue weighted by molar-refractivity contribution is 7.80. The maximum atomic E-state index is 13.2. The minimum Gasteiger partial charge on any atom is -0.489 e. The summed E-state index contributed by atoms with van der Waals surface area (Å²) in [6.45, 7) is 0.345. The van der Waals surface area contributed by atoms with Gasteiger partial charge in [0.1, 0.15) is 0 Å². The molecule has 0 saturated carbocycles. The molecule has 15 heavy (non-hydrogen) atoms. The molecule has 0 aromatic heterocycles. The van der Waals surface area contributed by atoms with Crippen LogP contribution in [0.25, 0.3) is 0 Å². The van der Waals surface area contributed by atoms with Crippen molar-refractivity contribution in [2.24, 2.45) is 5.73 Å². The molecule has 1 aromatic carbocycles. The van der Waals surface area contributed by atoms with E-state index >= 15 is 0 Å². The summed E-state index contributed by atoms with van der Waals surface area (Å²) in [5, 5.41) is 0.269. The highest BCUT2D eigenvalue weighted by Gasteiger charge is 2.07. The van der Waals surface area contributed by atoms with Crippen LogP contribution in [0.4, 0.5) is 4.39 Å². The van der Waals surface area contributed by atoms with E-state index in [9.17, 15) is 4.39 Å². The first kappa shape index (κ1) is 12.2. The third-order valence-electron chi connectivity index (χ3n) is 1.73. The molecule has 5 heteroatoms. The van der Waals surface area contributed by atoms with Crippen LogP contribution in [0.2, 0.25) is 5.02 Å². The van der Waals surface area contributed by atoms with Crippen LogP contribution in [0, 0.1) is 5.82 Å². The Morgan fingerprint density at radius 2 is 2.27 bits per heavy atom. The zero-order valence-electron chi connectivity index (χ0n) is 8.00. The van der Waals surface area contributed by atoms with E-state index in [1.54, 1.807) is 6.07 Å². The number of thiocarbonyl (C=S) groups is 1. The van der Waals surface area contributed by atoms with Crippen molar-refractivity contribution in [3.05, 3.63) is 29.0 Å². The van der Waals surface area contributed by atoms with Gasteiger partial charge in [-0.1, -0.05) is 29.9 Å². The van der Waals surface area contributed by atoms with Crippen molar-refractivity contribution in [3.63, 3.8) is 0 Å².